The monoisotopic (exact) mass is 566 g/mol. The number of halogens is 4. The van der Waals surface area contributed by atoms with Crippen LogP contribution >= 0.6 is 0 Å². The van der Waals surface area contributed by atoms with Crippen LogP contribution in [0.2, 0.25) is 0 Å². The van der Waals surface area contributed by atoms with Gasteiger partial charge in [-0.05, 0) is 38.5 Å². The second-order valence-electron chi connectivity index (χ2n) is 8.94. The van der Waals surface area contributed by atoms with Crippen LogP contribution in [0.5, 0.6) is 11.6 Å². The van der Waals surface area contributed by atoms with Crippen molar-refractivity contribution in [3.05, 3.63) is 40.8 Å². The molecule has 39 heavy (non-hydrogen) atoms. The van der Waals surface area contributed by atoms with Crippen molar-refractivity contribution in [2.75, 3.05) is 20.3 Å². The van der Waals surface area contributed by atoms with Crippen molar-refractivity contribution >= 4 is 6.16 Å². The predicted molar refractivity (Wildman–Crippen MR) is 124 cm³/mol. The third kappa shape index (κ3) is 6.90. The molecule has 5 atom stereocenters. The molecule has 218 valence electrons. The molecule has 1 aliphatic rings. The lowest BCUT2D eigenvalue weighted by molar-refractivity contribution is -0.278. The van der Waals surface area contributed by atoms with Crippen molar-refractivity contribution in [1.82, 2.24) is 9.78 Å². The molecule has 0 unspecified atom stereocenters. The summed E-state index contributed by atoms with van der Waals surface area (Å²) in [6.07, 6.45) is -15.3. The van der Waals surface area contributed by atoms with Crippen molar-refractivity contribution < 1.29 is 61.4 Å². The Morgan fingerprint density at radius 3 is 2.41 bits per heavy atom. The number of hydrogen-bond acceptors (Lipinski definition) is 10. The van der Waals surface area contributed by atoms with E-state index in [1.54, 1.807) is 0 Å². The molecule has 3 rings (SSSR count). The third-order valence-corrected chi connectivity index (χ3v) is 5.85. The Morgan fingerprint density at radius 2 is 1.85 bits per heavy atom. The Kier molecular flexibility index (Phi) is 9.64. The Labute approximate surface area is 220 Å². The van der Waals surface area contributed by atoms with Gasteiger partial charge in [0.2, 0.25) is 12.2 Å². The Balaban J connectivity index is 1.98. The van der Waals surface area contributed by atoms with Crippen molar-refractivity contribution in [3.63, 3.8) is 0 Å². The van der Waals surface area contributed by atoms with E-state index in [0.29, 0.717) is 4.68 Å². The lowest BCUT2D eigenvalue weighted by atomic mass is 9.99. The fourth-order valence-corrected chi connectivity index (χ4v) is 3.97. The highest BCUT2D eigenvalue weighted by atomic mass is 19.4. The summed E-state index contributed by atoms with van der Waals surface area (Å²) < 4.78 is 82.9. The number of nitrogens with zero attached hydrogens (tertiary/aromatic N) is 2. The van der Waals surface area contributed by atoms with Gasteiger partial charge in [0.1, 0.15) is 36.7 Å². The maximum atomic E-state index is 14.3. The molecule has 2 heterocycles. The molecule has 15 heteroatoms. The van der Waals surface area contributed by atoms with Gasteiger partial charge in [-0.3, -0.25) is 4.68 Å². The van der Waals surface area contributed by atoms with Crippen molar-refractivity contribution in [2.45, 2.75) is 70.1 Å². The highest BCUT2D eigenvalue weighted by Crippen LogP contribution is 2.40. The van der Waals surface area contributed by atoms with Crippen molar-refractivity contribution in [2.24, 2.45) is 0 Å². The van der Waals surface area contributed by atoms with Gasteiger partial charge in [-0.15, -0.1) is 5.10 Å². The van der Waals surface area contributed by atoms with E-state index in [-0.39, 0.29) is 17.9 Å². The van der Waals surface area contributed by atoms with Crippen LogP contribution in [-0.4, -0.2) is 82.3 Å². The number of aliphatic hydroxyl groups excluding tert-OH is 3. The predicted octanol–water partition coefficient (Wildman–Crippen LogP) is 2.58. The molecule has 1 saturated heterocycles. The first kappa shape index (κ1) is 30.4. The zero-order valence-corrected chi connectivity index (χ0v) is 21.5. The molecular formula is C24H30F4N2O9. The van der Waals surface area contributed by atoms with Gasteiger partial charge >= 0.3 is 12.3 Å². The molecule has 1 aromatic carbocycles. The van der Waals surface area contributed by atoms with E-state index in [1.807, 2.05) is 0 Å². The molecule has 1 fully saturated rings. The largest absolute Gasteiger partial charge is 0.508 e. The summed E-state index contributed by atoms with van der Waals surface area (Å²) in [5, 5.41) is 34.9. The Hall–Kier alpha value is -3.14. The number of alkyl halides is 3. The van der Waals surface area contributed by atoms with Gasteiger partial charge in [-0.25, -0.2) is 9.18 Å². The van der Waals surface area contributed by atoms with E-state index < -0.39 is 85.1 Å². The lowest BCUT2D eigenvalue weighted by Crippen LogP contribution is -2.60. The lowest BCUT2D eigenvalue weighted by Gasteiger charge is -2.39. The standard InChI is InChI=1S/C24H30F4N2O9/c1-5-36-23(34)37-10-16-17(31)18(32)19(33)22(38-16)39-21-13(8-12-6-7-15(35-4)14(25)9-12)20(24(26,27)28)30(29-21)11(2)3/h6-7,9,11,16-19,22,31-33H,5,8,10H2,1-4H3/t16-,17-,18+,19-,22+/m1/s1. The van der Waals surface area contributed by atoms with E-state index >= 15 is 0 Å². The summed E-state index contributed by atoms with van der Waals surface area (Å²) in [5.74, 6) is -1.51. The molecule has 0 saturated carbocycles. The summed E-state index contributed by atoms with van der Waals surface area (Å²) in [4.78, 5) is 11.5. The summed E-state index contributed by atoms with van der Waals surface area (Å²) in [7, 11) is 1.24. The fourth-order valence-electron chi connectivity index (χ4n) is 3.97. The molecule has 0 spiro atoms. The van der Waals surface area contributed by atoms with Crippen LogP contribution in [0.25, 0.3) is 0 Å². The Bertz CT molecular complexity index is 1140. The van der Waals surface area contributed by atoms with Crippen LogP contribution in [0, 0.1) is 5.82 Å². The van der Waals surface area contributed by atoms with Gasteiger partial charge < -0.3 is 39.0 Å². The minimum atomic E-state index is -4.91. The van der Waals surface area contributed by atoms with E-state index in [0.717, 1.165) is 6.07 Å². The highest BCUT2D eigenvalue weighted by Gasteiger charge is 2.47. The topological polar surface area (TPSA) is 142 Å². The van der Waals surface area contributed by atoms with Gasteiger partial charge in [0.15, 0.2) is 11.6 Å². The number of methoxy groups -OCH3 is 1. The zero-order valence-electron chi connectivity index (χ0n) is 21.5. The van der Waals surface area contributed by atoms with E-state index in [4.69, 9.17) is 18.9 Å². The van der Waals surface area contributed by atoms with E-state index in [1.165, 1.54) is 40.0 Å². The molecule has 0 aliphatic carbocycles. The van der Waals surface area contributed by atoms with Gasteiger partial charge in [-0.2, -0.15) is 13.2 Å². The molecule has 11 nitrogen and oxygen atoms in total. The maximum absolute atomic E-state index is 14.3. The van der Waals surface area contributed by atoms with Gasteiger partial charge in [0, 0.05) is 12.5 Å². The second-order valence-corrected chi connectivity index (χ2v) is 8.94. The van der Waals surface area contributed by atoms with Crippen molar-refractivity contribution in [1.29, 1.82) is 0 Å². The number of carbonyl (C=O) groups is 1. The average molecular weight is 567 g/mol. The summed E-state index contributed by atoms with van der Waals surface area (Å²) >= 11 is 0. The summed E-state index contributed by atoms with van der Waals surface area (Å²) in [6, 6.07) is 2.84. The quantitative estimate of drug-likeness (QED) is 0.306. The van der Waals surface area contributed by atoms with Crippen LogP contribution in [0.15, 0.2) is 18.2 Å². The second kappa shape index (κ2) is 12.4. The van der Waals surface area contributed by atoms with Crippen LogP contribution < -0.4 is 9.47 Å². The minimum absolute atomic E-state index is 0.000899. The summed E-state index contributed by atoms with van der Waals surface area (Å²) in [6.45, 7) is 3.81. The van der Waals surface area contributed by atoms with Crippen LogP contribution in [0.4, 0.5) is 22.4 Å². The smallest absolute Gasteiger partial charge is 0.494 e. The van der Waals surface area contributed by atoms with Crippen LogP contribution in [0.3, 0.4) is 0 Å². The van der Waals surface area contributed by atoms with Crippen molar-refractivity contribution in [3.8, 4) is 11.6 Å². The van der Waals surface area contributed by atoms with Gasteiger partial charge in [-0.1, -0.05) is 6.07 Å². The maximum Gasteiger partial charge on any atom is 0.508 e. The molecule has 0 amide bonds. The van der Waals surface area contributed by atoms with Crippen LogP contribution in [-0.2, 0) is 26.8 Å². The molecule has 2 aromatic rings. The molecular weight excluding hydrogens is 536 g/mol. The molecule has 1 aromatic heterocycles. The molecule has 0 radical (unpaired) electrons. The summed E-state index contributed by atoms with van der Waals surface area (Å²) in [5.41, 5.74) is -1.53. The average Bonchev–Trinajstić information content (AvgIpc) is 3.22. The SMILES string of the molecule is CCOC(=O)OC[C@H]1O[C@@H](Oc2nn(C(C)C)c(C(F)(F)F)c2Cc2ccc(OC)c(F)c2)[C@H](O)[C@@H](O)[C@@H]1O. The number of carbonyl (C=O) groups excluding carboxylic acids is 1. The normalized spacial score (nSPS) is 23.5. The first-order valence-electron chi connectivity index (χ1n) is 11.9. The van der Waals surface area contributed by atoms with E-state index in [2.05, 4.69) is 9.84 Å². The molecule has 3 N–H and O–H groups in total. The number of benzene rings is 1. The number of ether oxygens (including phenoxy) is 5. The van der Waals surface area contributed by atoms with Gasteiger partial charge in [0.05, 0.1) is 19.3 Å². The highest BCUT2D eigenvalue weighted by molar-refractivity contribution is 5.59. The van der Waals surface area contributed by atoms with Gasteiger partial charge in [0.25, 0.3) is 0 Å². The molecule has 1 aliphatic heterocycles. The number of aliphatic hydroxyl groups is 3. The van der Waals surface area contributed by atoms with E-state index in [9.17, 15) is 37.7 Å². The number of hydrogen-bond donors (Lipinski definition) is 3. The Morgan fingerprint density at radius 1 is 1.15 bits per heavy atom. The minimum Gasteiger partial charge on any atom is -0.494 e. The number of rotatable bonds is 9. The fraction of sp³-hybridized carbons (Fsp3) is 0.583. The number of aromatic nitrogens is 2. The molecule has 0 bridgehead atoms. The zero-order chi connectivity index (χ0) is 29.1. The first-order chi connectivity index (χ1) is 18.3. The van der Waals surface area contributed by atoms with Crippen LogP contribution in [0.1, 0.15) is 43.6 Å². The third-order valence-electron chi connectivity index (χ3n) is 5.85. The first-order valence-corrected chi connectivity index (χ1v) is 11.9.